The molecule has 1 heterocycles. The molecule has 4 nitrogen and oxygen atoms in total. The summed E-state index contributed by atoms with van der Waals surface area (Å²) in [4.78, 5) is 11.4. The normalized spacial score (nSPS) is 11.9. The molecule has 0 aliphatic carbocycles. The summed E-state index contributed by atoms with van der Waals surface area (Å²) in [7, 11) is 1.81. The van der Waals surface area contributed by atoms with Crippen molar-refractivity contribution in [3.63, 3.8) is 0 Å². The van der Waals surface area contributed by atoms with Crippen molar-refractivity contribution in [1.82, 2.24) is 0 Å². The molecule has 0 saturated heterocycles. The molecule has 0 aliphatic rings. The molecule has 4 heteroatoms. The van der Waals surface area contributed by atoms with Crippen LogP contribution in [0.15, 0.2) is 48.7 Å². The van der Waals surface area contributed by atoms with Gasteiger partial charge < -0.3 is 9.84 Å². The standard InChI is InChI=1S/C15H15NO3/c1-11-6-8-12(9-7-11)14(15(17)18)19-13-5-3-4-10-16(13)2/h3-10,14H,1-2H3/p+1. The zero-order chi connectivity index (χ0) is 13.8. The molecule has 0 fully saturated rings. The molecule has 1 aromatic heterocycles. The fraction of sp³-hybridized carbons (Fsp3) is 0.200. The van der Waals surface area contributed by atoms with E-state index in [2.05, 4.69) is 0 Å². The zero-order valence-electron chi connectivity index (χ0n) is 10.9. The van der Waals surface area contributed by atoms with Crippen molar-refractivity contribution < 1.29 is 19.2 Å². The number of carboxylic acids is 1. The van der Waals surface area contributed by atoms with Crippen molar-refractivity contribution in [3.8, 4) is 5.88 Å². The molecule has 1 atom stereocenters. The van der Waals surface area contributed by atoms with E-state index in [1.165, 1.54) is 0 Å². The number of aryl methyl sites for hydroxylation is 2. The van der Waals surface area contributed by atoms with E-state index in [0.29, 0.717) is 11.4 Å². The van der Waals surface area contributed by atoms with Crippen molar-refractivity contribution in [3.05, 3.63) is 59.8 Å². The van der Waals surface area contributed by atoms with E-state index in [1.54, 1.807) is 22.8 Å². The Labute approximate surface area is 111 Å². The van der Waals surface area contributed by atoms with Crippen molar-refractivity contribution in [2.24, 2.45) is 7.05 Å². The van der Waals surface area contributed by atoms with Gasteiger partial charge in [0.15, 0.2) is 6.20 Å². The summed E-state index contributed by atoms with van der Waals surface area (Å²) in [6.45, 7) is 1.96. The molecule has 1 N–H and O–H groups in total. The Morgan fingerprint density at radius 1 is 1.21 bits per heavy atom. The minimum absolute atomic E-state index is 0.510. The maximum atomic E-state index is 11.4. The number of rotatable bonds is 4. The molecule has 1 unspecified atom stereocenters. The smallest absolute Gasteiger partial charge is 0.368 e. The van der Waals surface area contributed by atoms with Gasteiger partial charge in [0.2, 0.25) is 6.10 Å². The van der Waals surface area contributed by atoms with Crippen LogP contribution in [0.1, 0.15) is 17.2 Å². The molecule has 0 bridgehead atoms. The number of aliphatic carboxylic acids is 1. The van der Waals surface area contributed by atoms with Crippen LogP contribution >= 0.6 is 0 Å². The Hall–Kier alpha value is -2.36. The number of benzene rings is 1. The molecule has 2 rings (SSSR count). The van der Waals surface area contributed by atoms with Gasteiger partial charge in [-0.15, -0.1) is 0 Å². The fourth-order valence-corrected chi connectivity index (χ4v) is 1.75. The Bertz CT molecular complexity index is 578. The Morgan fingerprint density at radius 2 is 1.89 bits per heavy atom. The van der Waals surface area contributed by atoms with Gasteiger partial charge in [0.25, 0.3) is 0 Å². The lowest BCUT2D eigenvalue weighted by molar-refractivity contribution is -0.677. The zero-order valence-corrected chi connectivity index (χ0v) is 10.9. The highest BCUT2D eigenvalue weighted by Crippen LogP contribution is 2.20. The summed E-state index contributed by atoms with van der Waals surface area (Å²) >= 11 is 0. The van der Waals surface area contributed by atoms with E-state index in [0.717, 1.165) is 5.56 Å². The molecular weight excluding hydrogens is 242 g/mol. The monoisotopic (exact) mass is 258 g/mol. The van der Waals surface area contributed by atoms with E-state index in [1.807, 2.05) is 44.4 Å². The SMILES string of the molecule is Cc1ccc(C(Oc2cccc[n+]2C)C(=O)O)cc1. The third kappa shape index (κ3) is 3.10. The van der Waals surface area contributed by atoms with Crippen LogP contribution in [0.2, 0.25) is 0 Å². The summed E-state index contributed by atoms with van der Waals surface area (Å²) in [6, 6.07) is 12.7. The average Bonchev–Trinajstić information content (AvgIpc) is 2.39. The predicted octanol–water partition coefficient (Wildman–Crippen LogP) is 2.02. The summed E-state index contributed by atoms with van der Waals surface area (Å²) < 4.78 is 7.34. The number of ether oxygens (including phenoxy) is 1. The fourth-order valence-electron chi connectivity index (χ4n) is 1.75. The molecule has 0 saturated carbocycles. The highest BCUT2D eigenvalue weighted by molar-refractivity contribution is 5.74. The van der Waals surface area contributed by atoms with E-state index in [4.69, 9.17) is 4.74 Å². The molecule has 0 aliphatic heterocycles. The molecule has 0 radical (unpaired) electrons. The maximum Gasteiger partial charge on any atom is 0.368 e. The van der Waals surface area contributed by atoms with Crippen LogP contribution in [0.25, 0.3) is 0 Å². The van der Waals surface area contributed by atoms with Gasteiger partial charge in [-0.25, -0.2) is 4.79 Å². The van der Waals surface area contributed by atoms with Crippen LogP contribution in [-0.2, 0) is 11.8 Å². The summed E-state index contributed by atoms with van der Waals surface area (Å²) in [6.07, 6.45) is 0.804. The number of nitrogens with zero attached hydrogens (tertiary/aromatic N) is 1. The number of pyridine rings is 1. The van der Waals surface area contributed by atoms with Gasteiger partial charge in [-0.05, 0) is 13.0 Å². The number of hydrogen-bond acceptors (Lipinski definition) is 2. The van der Waals surface area contributed by atoms with Crippen molar-refractivity contribution >= 4 is 5.97 Å². The molecule has 98 valence electrons. The van der Waals surface area contributed by atoms with Crippen molar-refractivity contribution in [2.45, 2.75) is 13.0 Å². The topological polar surface area (TPSA) is 50.4 Å². The quantitative estimate of drug-likeness (QED) is 0.854. The van der Waals surface area contributed by atoms with Gasteiger partial charge >= 0.3 is 11.8 Å². The summed E-state index contributed by atoms with van der Waals surface area (Å²) in [5.41, 5.74) is 1.71. The highest BCUT2D eigenvalue weighted by atomic mass is 16.5. The lowest BCUT2D eigenvalue weighted by atomic mass is 10.1. The number of carboxylic acid groups (broad SMARTS) is 1. The Kier molecular flexibility index (Phi) is 3.80. The minimum Gasteiger partial charge on any atom is -0.478 e. The molecule has 0 spiro atoms. The van der Waals surface area contributed by atoms with Gasteiger partial charge in [-0.3, -0.25) is 0 Å². The molecule has 19 heavy (non-hydrogen) atoms. The molecule has 0 amide bonds. The first-order valence-corrected chi connectivity index (χ1v) is 5.98. The van der Waals surface area contributed by atoms with Crippen LogP contribution in [0.4, 0.5) is 0 Å². The van der Waals surface area contributed by atoms with Gasteiger partial charge in [0, 0.05) is 11.6 Å². The van der Waals surface area contributed by atoms with Gasteiger partial charge in [0.05, 0.1) is 6.07 Å². The van der Waals surface area contributed by atoms with Crippen LogP contribution in [0.5, 0.6) is 5.88 Å². The third-order valence-electron chi connectivity index (χ3n) is 2.85. The largest absolute Gasteiger partial charge is 0.478 e. The van der Waals surface area contributed by atoms with Crippen molar-refractivity contribution in [2.75, 3.05) is 0 Å². The Morgan fingerprint density at radius 3 is 2.47 bits per heavy atom. The lowest BCUT2D eigenvalue weighted by Gasteiger charge is -2.13. The minimum atomic E-state index is -1.01. The van der Waals surface area contributed by atoms with Crippen LogP contribution in [0, 0.1) is 6.92 Å². The second-order valence-corrected chi connectivity index (χ2v) is 4.40. The van der Waals surface area contributed by atoms with E-state index < -0.39 is 12.1 Å². The lowest BCUT2D eigenvalue weighted by Crippen LogP contribution is -2.32. The van der Waals surface area contributed by atoms with Crippen molar-refractivity contribution in [1.29, 1.82) is 0 Å². The molecule has 1 aromatic carbocycles. The van der Waals surface area contributed by atoms with Crippen LogP contribution in [0.3, 0.4) is 0 Å². The second-order valence-electron chi connectivity index (χ2n) is 4.40. The van der Waals surface area contributed by atoms with Gasteiger partial charge in [-0.2, -0.15) is 4.57 Å². The second kappa shape index (κ2) is 5.52. The third-order valence-corrected chi connectivity index (χ3v) is 2.85. The van der Waals surface area contributed by atoms with Gasteiger partial charge in [-0.1, -0.05) is 29.8 Å². The predicted molar refractivity (Wildman–Crippen MR) is 69.8 cm³/mol. The van der Waals surface area contributed by atoms with E-state index >= 15 is 0 Å². The Balaban J connectivity index is 2.29. The number of hydrogen-bond donors (Lipinski definition) is 1. The highest BCUT2D eigenvalue weighted by Gasteiger charge is 2.24. The number of carbonyl (C=O) groups is 1. The molecule has 2 aromatic rings. The number of aromatic nitrogens is 1. The van der Waals surface area contributed by atoms with Gasteiger partial charge in [0.1, 0.15) is 7.05 Å². The van der Waals surface area contributed by atoms with E-state index in [9.17, 15) is 9.90 Å². The first-order chi connectivity index (χ1) is 9.08. The molecular formula is C15H16NO3+. The van der Waals surface area contributed by atoms with Crippen LogP contribution in [-0.4, -0.2) is 11.1 Å². The summed E-state index contributed by atoms with van der Waals surface area (Å²) in [5.74, 6) is -0.497. The first kappa shape index (κ1) is 13.1. The first-order valence-electron chi connectivity index (χ1n) is 5.98. The van der Waals surface area contributed by atoms with Crippen LogP contribution < -0.4 is 9.30 Å². The summed E-state index contributed by atoms with van der Waals surface area (Å²) in [5, 5.41) is 9.31. The van der Waals surface area contributed by atoms with E-state index in [-0.39, 0.29) is 0 Å². The maximum absolute atomic E-state index is 11.4. The average molecular weight is 258 g/mol.